The molecule has 216 valence electrons. The first-order valence-corrected chi connectivity index (χ1v) is 15.7. The minimum absolute atomic E-state index is 0.188. The van der Waals surface area contributed by atoms with Gasteiger partial charge in [0.15, 0.2) is 0 Å². The standard InChI is InChI=1S/C35H52O4/c1-4-31(36)25-38-24-27-22-32(37-3)17-10-18-33(23-27)39-35-20-6-5-19-34(35)29-14-8-12-28(13-9-15-29)30-16-7-11-26(2)21-30/h5-7,11,16,19-21,27-29,31-33,36H,4,8-10,12-15,17-18,22-25H2,1-3H3. The van der Waals surface area contributed by atoms with Crippen LogP contribution >= 0.6 is 0 Å². The van der Waals surface area contributed by atoms with Crippen molar-refractivity contribution in [3.8, 4) is 5.75 Å². The normalized spacial score (nSPS) is 27.5. The molecule has 4 nitrogen and oxygen atoms in total. The maximum Gasteiger partial charge on any atom is 0.123 e. The van der Waals surface area contributed by atoms with Crippen molar-refractivity contribution in [2.24, 2.45) is 5.92 Å². The third kappa shape index (κ3) is 9.33. The quantitative estimate of drug-likeness (QED) is 0.331. The minimum atomic E-state index is -0.383. The Morgan fingerprint density at radius 1 is 0.846 bits per heavy atom. The van der Waals surface area contributed by atoms with E-state index in [0.29, 0.717) is 31.0 Å². The van der Waals surface area contributed by atoms with Gasteiger partial charge in [-0.25, -0.2) is 0 Å². The summed E-state index contributed by atoms with van der Waals surface area (Å²) in [7, 11) is 1.83. The van der Waals surface area contributed by atoms with E-state index in [-0.39, 0.29) is 18.3 Å². The summed E-state index contributed by atoms with van der Waals surface area (Å²) in [4.78, 5) is 0. The topological polar surface area (TPSA) is 47.9 Å². The molecule has 0 aromatic heterocycles. The van der Waals surface area contributed by atoms with E-state index in [1.807, 2.05) is 14.0 Å². The highest BCUT2D eigenvalue weighted by Gasteiger charge is 2.27. The highest BCUT2D eigenvalue weighted by Crippen LogP contribution is 2.40. The van der Waals surface area contributed by atoms with Crippen LogP contribution in [0, 0.1) is 12.8 Å². The monoisotopic (exact) mass is 536 g/mol. The number of para-hydroxylation sites is 1. The molecule has 2 aromatic rings. The first kappa shape index (κ1) is 30.1. The van der Waals surface area contributed by atoms with E-state index in [0.717, 1.165) is 44.3 Å². The number of benzene rings is 2. The summed E-state index contributed by atoms with van der Waals surface area (Å²) < 4.78 is 18.6. The van der Waals surface area contributed by atoms with E-state index in [1.54, 1.807) is 0 Å². The molecule has 4 atom stereocenters. The third-order valence-electron chi connectivity index (χ3n) is 9.09. The van der Waals surface area contributed by atoms with Gasteiger partial charge in [0.05, 0.1) is 24.9 Å². The molecule has 0 aliphatic heterocycles. The van der Waals surface area contributed by atoms with Crippen LogP contribution in [0.4, 0.5) is 0 Å². The average molecular weight is 537 g/mol. The summed E-state index contributed by atoms with van der Waals surface area (Å²) in [6, 6.07) is 18.0. The number of aliphatic hydroxyl groups is 1. The van der Waals surface area contributed by atoms with Gasteiger partial charge in [-0.05, 0) is 106 Å². The summed E-state index contributed by atoms with van der Waals surface area (Å²) in [6.07, 6.45) is 13.6. The molecule has 2 aliphatic carbocycles. The Bertz CT molecular complexity index is 965. The van der Waals surface area contributed by atoms with Gasteiger partial charge in [-0.15, -0.1) is 0 Å². The van der Waals surface area contributed by atoms with Crippen molar-refractivity contribution in [3.63, 3.8) is 0 Å². The number of aliphatic hydroxyl groups excluding tert-OH is 1. The Balaban J connectivity index is 1.38. The summed E-state index contributed by atoms with van der Waals surface area (Å²) in [5.41, 5.74) is 4.31. The molecule has 0 bridgehead atoms. The molecule has 4 unspecified atom stereocenters. The maximum absolute atomic E-state index is 9.93. The maximum atomic E-state index is 9.93. The van der Waals surface area contributed by atoms with E-state index >= 15 is 0 Å². The van der Waals surface area contributed by atoms with Gasteiger partial charge in [-0.3, -0.25) is 0 Å². The summed E-state index contributed by atoms with van der Waals surface area (Å²) >= 11 is 0. The Morgan fingerprint density at radius 3 is 2.28 bits per heavy atom. The molecule has 4 rings (SSSR count). The molecule has 39 heavy (non-hydrogen) atoms. The summed E-state index contributed by atoms with van der Waals surface area (Å²) in [5, 5.41) is 9.93. The van der Waals surface area contributed by atoms with Gasteiger partial charge in [0.25, 0.3) is 0 Å². The predicted octanol–water partition coefficient (Wildman–Crippen LogP) is 8.35. The number of aryl methyl sites for hydroxylation is 1. The second-order valence-electron chi connectivity index (χ2n) is 12.2. The van der Waals surface area contributed by atoms with Crippen molar-refractivity contribution in [2.45, 2.75) is 121 Å². The summed E-state index contributed by atoms with van der Waals surface area (Å²) in [6.45, 7) is 5.26. The van der Waals surface area contributed by atoms with Crippen LogP contribution in [-0.4, -0.2) is 43.7 Å². The zero-order valence-electron chi connectivity index (χ0n) is 24.7. The van der Waals surface area contributed by atoms with Crippen molar-refractivity contribution in [1.29, 1.82) is 0 Å². The van der Waals surface area contributed by atoms with Crippen molar-refractivity contribution >= 4 is 0 Å². The van der Waals surface area contributed by atoms with Crippen LogP contribution in [0.2, 0.25) is 0 Å². The Kier molecular flexibility index (Phi) is 12.2. The predicted molar refractivity (Wildman–Crippen MR) is 160 cm³/mol. The highest BCUT2D eigenvalue weighted by molar-refractivity contribution is 5.36. The van der Waals surface area contributed by atoms with Gasteiger partial charge in [0.1, 0.15) is 5.75 Å². The van der Waals surface area contributed by atoms with Crippen LogP contribution in [0.15, 0.2) is 48.5 Å². The molecular weight excluding hydrogens is 484 g/mol. The molecule has 2 saturated carbocycles. The Morgan fingerprint density at radius 2 is 1.54 bits per heavy atom. The van der Waals surface area contributed by atoms with E-state index in [4.69, 9.17) is 14.2 Å². The first-order chi connectivity index (χ1) is 19.1. The lowest BCUT2D eigenvalue weighted by Crippen LogP contribution is -2.30. The highest BCUT2D eigenvalue weighted by atomic mass is 16.5. The van der Waals surface area contributed by atoms with Crippen molar-refractivity contribution in [3.05, 3.63) is 65.2 Å². The molecule has 0 radical (unpaired) electrons. The number of rotatable bonds is 10. The van der Waals surface area contributed by atoms with E-state index in [2.05, 4.69) is 55.5 Å². The van der Waals surface area contributed by atoms with Crippen molar-refractivity contribution in [2.75, 3.05) is 20.3 Å². The van der Waals surface area contributed by atoms with Crippen LogP contribution in [0.1, 0.15) is 112 Å². The van der Waals surface area contributed by atoms with E-state index in [9.17, 15) is 5.11 Å². The second-order valence-corrected chi connectivity index (χ2v) is 12.2. The number of hydrogen-bond donors (Lipinski definition) is 1. The largest absolute Gasteiger partial charge is 0.490 e. The molecule has 0 amide bonds. The lowest BCUT2D eigenvalue weighted by Gasteiger charge is -2.32. The van der Waals surface area contributed by atoms with Crippen molar-refractivity contribution in [1.82, 2.24) is 0 Å². The van der Waals surface area contributed by atoms with E-state index in [1.165, 1.54) is 55.2 Å². The van der Waals surface area contributed by atoms with Crippen molar-refractivity contribution < 1.29 is 19.3 Å². The molecule has 2 aromatic carbocycles. The Labute approximate surface area is 237 Å². The SMILES string of the molecule is CCC(O)COCC1CC(OC)CCCC(Oc2ccccc2C2CCCC(c3cccc(C)c3)CCC2)C1. The zero-order valence-corrected chi connectivity index (χ0v) is 24.7. The van der Waals surface area contributed by atoms with Crippen LogP contribution in [0.3, 0.4) is 0 Å². The van der Waals surface area contributed by atoms with Gasteiger partial charge < -0.3 is 19.3 Å². The van der Waals surface area contributed by atoms with Crippen LogP contribution < -0.4 is 4.74 Å². The van der Waals surface area contributed by atoms with Gasteiger partial charge in [0, 0.05) is 13.7 Å². The molecule has 0 spiro atoms. The summed E-state index contributed by atoms with van der Waals surface area (Å²) in [5.74, 6) is 2.73. The van der Waals surface area contributed by atoms with Gasteiger partial charge in [0.2, 0.25) is 0 Å². The number of hydrogen-bond acceptors (Lipinski definition) is 4. The molecule has 4 heteroatoms. The number of methoxy groups -OCH3 is 1. The molecule has 1 N–H and O–H groups in total. The fraction of sp³-hybridized carbons (Fsp3) is 0.657. The number of ether oxygens (including phenoxy) is 3. The minimum Gasteiger partial charge on any atom is -0.490 e. The smallest absolute Gasteiger partial charge is 0.123 e. The molecular formula is C35H52O4. The zero-order chi connectivity index (χ0) is 27.5. The lowest BCUT2D eigenvalue weighted by molar-refractivity contribution is -0.0127. The molecule has 0 saturated heterocycles. The fourth-order valence-corrected chi connectivity index (χ4v) is 6.78. The lowest BCUT2D eigenvalue weighted by atomic mass is 9.80. The van der Waals surface area contributed by atoms with Gasteiger partial charge >= 0.3 is 0 Å². The molecule has 0 heterocycles. The molecule has 2 aliphatic rings. The fourth-order valence-electron chi connectivity index (χ4n) is 6.78. The van der Waals surface area contributed by atoms with Gasteiger partial charge in [-0.1, -0.05) is 67.8 Å². The second kappa shape index (κ2) is 15.8. The van der Waals surface area contributed by atoms with E-state index < -0.39 is 0 Å². The van der Waals surface area contributed by atoms with Crippen LogP contribution in [0.5, 0.6) is 5.75 Å². The average Bonchev–Trinajstić information content (AvgIpc) is 2.91. The first-order valence-electron chi connectivity index (χ1n) is 15.7. The molecule has 2 fully saturated rings. The van der Waals surface area contributed by atoms with Crippen LogP contribution in [-0.2, 0) is 9.47 Å². The van der Waals surface area contributed by atoms with Gasteiger partial charge in [-0.2, -0.15) is 0 Å². The van der Waals surface area contributed by atoms with Crippen LogP contribution in [0.25, 0.3) is 0 Å². The Hall–Kier alpha value is -1.88. The third-order valence-corrected chi connectivity index (χ3v) is 9.09.